The Balaban J connectivity index is 1.48. The summed E-state index contributed by atoms with van der Waals surface area (Å²) in [5.41, 5.74) is 3.98. The van der Waals surface area contributed by atoms with Crippen molar-refractivity contribution < 1.29 is 27.8 Å². The van der Waals surface area contributed by atoms with Crippen LogP contribution in [-0.2, 0) is 28.0 Å². The highest BCUT2D eigenvalue weighted by molar-refractivity contribution is 5.72. The van der Waals surface area contributed by atoms with Crippen molar-refractivity contribution in [3.63, 3.8) is 0 Å². The predicted molar refractivity (Wildman–Crippen MR) is 152 cm³/mol. The number of halogens is 2. The molecule has 0 heterocycles. The number of carbonyl (C=O) groups is 1. The second-order valence-electron chi connectivity index (χ2n) is 12.2. The summed E-state index contributed by atoms with van der Waals surface area (Å²) in [7, 11) is 2.93. The first kappa shape index (κ1) is 28.1. The number of aryl methyl sites for hydroxylation is 1. The third-order valence-electron chi connectivity index (χ3n) is 9.10. The van der Waals surface area contributed by atoms with Crippen molar-refractivity contribution in [2.75, 3.05) is 14.2 Å². The molecule has 40 heavy (non-hydrogen) atoms. The first-order valence-corrected chi connectivity index (χ1v) is 14.0. The second kappa shape index (κ2) is 10.9. The van der Waals surface area contributed by atoms with E-state index >= 15 is 8.78 Å². The molecule has 0 unspecified atom stereocenters. The van der Waals surface area contributed by atoms with Crippen LogP contribution in [0.3, 0.4) is 0 Å². The molecule has 6 heteroatoms. The highest BCUT2D eigenvalue weighted by Crippen LogP contribution is 2.52. The molecule has 4 nitrogen and oxygen atoms in total. The van der Waals surface area contributed by atoms with E-state index in [4.69, 9.17) is 14.2 Å². The van der Waals surface area contributed by atoms with Gasteiger partial charge in [0, 0.05) is 16.5 Å². The molecule has 0 radical (unpaired) electrons. The van der Waals surface area contributed by atoms with E-state index in [9.17, 15) is 4.79 Å². The van der Waals surface area contributed by atoms with E-state index in [1.54, 1.807) is 12.1 Å². The molecular weight excluding hydrogens is 510 g/mol. The average molecular weight is 549 g/mol. The van der Waals surface area contributed by atoms with Crippen LogP contribution in [0.4, 0.5) is 8.78 Å². The Kier molecular flexibility index (Phi) is 7.64. The average Bonchev–Trinajstić information content (AvgIpc) is 3.45. The van der Waals surface area contributed by atoms with Crippen LogP contribution in [-0.4, -0.2) is 20.2 Å². The molecule has 1 saturated carbocycles. The van der Waals surface area contributed by atoms with E-state index < -0.39 is 11.6 Å². The van der Waals surface area contributed by atoms with Gasteiger partial charge in [0.1, 0.15) is 29.7 Å². The van der Waals surface area contributed by atoms with Gasteiger partial charge in [-0.15, -0.1) is 0 Å². The lowest BCUT2D eigenvalue weighted by atomic mass is 9.75. The number of methoxy groups -OCH3 is 2. The van der Waals surface area contributed by atoms with Gasteiger partial charge < -0.3 is 14.2 Å². The Hall–Kier alpha value is -3.41. The number of hydrogen-bond donors (Lipinski definition) is 0. The normalized spacial score (nSPS) is 21.2. The summed E-state index contributed by atoms with van der Waals surface area (Å²) in [5, 5.41) is 0. The van der Waals surface area contributed by atoms with Gasteiger partial charge in [0.25, 0.3) is 0 Å². The van der Waals surface area contributed by atoms with Crippen LogP contribution in [0.15, 0.2) is 48.5 Å². The first-order valence-electron chi connectivity index (χ1n) is 14.0. The van der Waals surface area contributed by atoms with Crippen LogP contribution in [0, 0.1) is 17.0 Å². The van der Waals surface area contributed by atoms with Crippen LogP contribution >= 0.6 is 0 Å². The molecule has 3 aromatic rings. The molecular formula is C34H38F2O4. The number of rotatable bonds is 8. The molecule has 0 saturated heterocycles. The zero-order valence-electron chi connectivity index (χ0n) is 24.0. The fourth-order valence-corrected chi connectivity index (χ4v) is 6.77. The molecule has 2 aliphatic rings. The van der Waals surface area contributed by atoms with Gasteiger partial charge in [-0.25, -0.2) is 8.78 Å². The summed E-state index contributed by atoms with van der Waals surface area (Å²) in [5.74, 6) is 0.0616. The minimum Gasteiger partial charge on any atom is -0.497 e. The van der Waals surface area contributed by atoms with Crippen LogP contribution in [0.5, 0.6) is 11.5 Å². The fraction of sp³-hybridized carbons (Fsp3) is 0.441. The van der Waals surface area contributed by atoms with Gasteiger partial charge in [-0.1, -0.05) is 39.3 Å². The molecule has 2 atom stereocenters. The highest BCUT2D eigenvalue weighted by atomic mass is 19.1. The Morgan fingerprint density at radius 2 is 1.73 bits per heavy atom. The summed E-state index contributed by atoms with van der Waals surface area (Å²) in [4.78, 5) is 12.1. The maximum atomic E-state index is 16.0. The van der Waals surface area contributed by atoms with E-state index in [0.29, 0.717) is 29.0 Å². The smallest absolute Gasteiger partial charge is 0.306 e. The second-order valence-corrected chi connectivity index (χ2v) is 12.2. The van der Waals surface area contributed by atoms with Gasteiger partial charge in [0.05, 0.1) is 20.6 Å². The molecule has 0 aromatic heterocycles. The summed E-state index contributed by atoms with van der Waals surface area (Å²) >= 11 is 0. The number of carbonyl (C=O) groups excluding carboxylic acids is 1. The zero-order chi connectivity index (χ0) is 28.7. The van der Waals surface area contributed by atoms with Crippen LogP contribution in [0.1, 0.15) is 81.0 Å². The van der Waals surface area contributed by atoms with Crippen molar-refractivity contribution in [1.29, 1.82) is 0 Å². The molecule has 3 aromatic carbocycles. The summed E-state index contributed by atoms with van der Waals surface area (Å²) in [6.45, 7) is 6.66. The zero-order valence-corrected chi connectivity index (χ0v) is 24.0. The molecule has 0 aliphatic heterocycles. The van der Waals surface area contributed by atoms with E-state index in [2.05, 4.69) is 26.8 Å². The Labute approximate surface area is 235 Å². The maximum absolute atomic E-state index is 16.0. The maximum Gasteiger partial charge on any atom is 0.306 e. The van der Waals surface area contributed by atoms with E-state index in [1.165, 1.54) is 31.9 Å². The van der Waals surface area contributed by atoms with Gasteiger partial charge >= 0.3 is 5.97 Å². The third kappa shape index (κ3) is 5.33. The van der Waals surface area contributed by atoms with Crippen LogP contribution in [0.25, 0.3) is 11.1 Å². The molecule has 5 rings (SSSR count). The van der Waals surface area contributed by atoms with Gasteiger partial charge in [-0.05, 0) is 95.7 Å². The lowest BCUT2D eigenvalue weighted by Gasteiger charge is -2.30. The first-order chi connectivity index (χ1) is 19.0. The van der Waals surface area contributed by atoms with Crippen molar-refractivity contribution in [3.8, 4) is 22.6 Å². The Morgan fingerprint density at radius 3 is 2.42 bits per heavy atom. The Morgan fingerprint density at radius 1 is 0.950 bits per heavy atom. The minimum absolute atomic E-state index is 0.0416. The topological polar surface area (TPSA) is 44.8 Å². The number of hydrogen-bond acceptors (Lipinski definition) is 4. The molecule has 0 bridgehead atoms. The van der Waals surface area contributed by atoms with Gasteiger partial charge in [-0.3, -0.25) is 4.79 Å². The van der Waals surface area contributed by atoms with Crippen molar-refractivity contribution in [1.82, 2.24) is 0 Å². The van der Waals surface area contributed by atoms with E-state index in [-0.39, 0.29) is 34.9 Å². The quantitative estimate of drug-likeness (QED) is 0.266. The summed E-state index contributed by atoms with van der Waals surface area (Å²) < 4.78 is 47.5. The van der Waals surface area contributed by atoms with Gasteiger partial charge in [0.15, 0.2) is 0 Å². The number of ether oxygens (including phenoxy) is 3. The highest BCUT2D eigenvalue weighted by Gasteiger charge is 2.39. The third-order valence-corrected chi connectivity index (χ3v) is 9.10. The fourth-order valence-electron chi connectivity index (χ4n) is 6.77. The molecule has 0 amide bonds. The number of esters is 1. The van der Waals surface area contributed by atoms with Crippen LogP contribution in [0.2, 0.25) is 0 Å². The molecule has 0 N–H and O–H groups in total. The molecule has 212 valence electrons. The van der Waals surface area contributed by atoms with Gasteiger partial charge in [-0.2, -0.15) is 0 Å². The van der Waals surface area contributed by atoms with Crippen molar-refractivity contribution in [2.45, 2.75) is 77.2 Å². The SMILES string of the molecule is COC(=O)C[C@@]1(C)CCc2ccc(OCc3cc(F)c(-c4cc(OC)ccc4F)c([C@@H]4CCCC4(C)C)c3)cc21. The molecule has 1 fully saturated rings. The number of fused-ring (bicyclic) bond motifs is 1. The lowest BCUT2D eigenvalue weighted by Crippen LogP contribution is -2.23. The van der Waals surface area contributed by atoms with E-state index in [1.807, 2.05) is 18.2 Å². The largest absolute Gasteiger partial charge is 0.497 e. The number of benzene rings is 3. The van der Waals surface area contributed by atoms with Crippen molar-refractivity contribution >= 4 is 5.97 Å². The van der Waals surface area contributed by atoms with Crippen molar-refractivity contribution in [3.05, 3.63) is 82.4 Å². The van der Waals surface area contributed by atoms with Crippen LogP contribution < -0.4 is 9.47 Å². The predicted octanol–water partition coefficient (Wildman–Crippen LogP) is 8.28. The minimum atomic E-state index is -0.478. The summed E-state index contributed by atoms with van der Waals surface area (Å²) in [6.07, 6.45) is 5.07. The monoisotopic (exact) mass is 548 g/mol. The lowest BCUT2D eigenvalue weighted by molar-refractivity contribution is -0.142. The molecule has 0 spiro atoms. The Bertz CT molecular complexity index is 1430. The standard InChI is InChI=1S/C34H38F2O4/c1-33(2)13-6-7-27(33)25-15-21(16-30(36)32(25)26-17-23(38-4)10-11-29(26)35)20-40-24-9-8-22-12-14-34(3,28(22)18-24)19-31(37)39-5/h8-11,15-18,27H,6-7,12-14,19-20H2,1-5H3/t27-,34+/m0/s1. The van der Waals surface area contributed by atoms with Crippen molar-refractivity contribution in [2.24, 2.45) is 5.41 Å². The van der Waals surface area contributed by atoms with E-state index in [0.717, 1.165) is 43.2 Å². The summed E-state index contributed by atoms with van der Waals surface area (Å²) in [6, 6.07) is 13.9. The molecule has 2 aliphatic carbocycles. The van der Waals surface area contributed by atoms with Gasteiger partial charge in [0.2, 0.25) is 0 Å².